The summed E-state index contributed by atoms with van der Waals surface area (Å²) in [6.45, 7) is 1.71. The molecule has 4 N–H and O–H groups in total. The number of thiazole rings is 1. The molecule has 18 heavy (non-hydrogen) atoms. The first-order valence-corrected chi connectivity index (χ1v) is 5.43. The van der Waals surface area contributed by atoms with Crippen molar-refractivity contribution in [3.05, 3.63) is 4.88 Å². The summed E-state index contributed by atoms with van der Waals surface area (Å²) in [6.07, 6.45) is 0. The second-order valence-electron chi connectivity index (χ2n) is 2.93. The molecule has 0 saturated carbocycles. The average molecular weight is 335 g/mol. The molecular weight excluding hydrogens is 324 g/mol. The minimum Gasteiger partial charge on any atom is -0.492 e. The molecule has 0 aliphatic heterocycles. The fourth-order valence-electron chi connectivity index (χ4n) is 1.10. The Hall–Kier alpha value is -1.66. The molecule has 0 saturated heterocycles. The highest BCUT2D eigenvalue weighted by atomic mass is 79.9. The van der Waals surface area contributed by atoms with Crippen molar-refractivity contribution in [1.82, 2.24) is 4.98 Å². The fraction of sp³-hybridized carbons (Fsp3) is 0.333. The standard InChI is InChI=1S/C9H10N4O3S.BrH/c1-2-16-8(15)4(3-10)5(11)6-7(14)13-9(12)17-6;/h4,11,14H,2H2,1H3,(H2,12,13);1H. The van der Waals surface area contributed by atoms with Crippen molar-refractivity contribution in [1.29, 1.82) is 10.7 Å². The molecule has 0 radical (unpaired) electrons. The van der Waals surface area contributed by atoms with E-state index in [1.54, 1.807) is 13.0 Å². The third-order valence-electron chi connectivity index (χ3n) is 1.81. The van der Waals surface area contributed by atoms with Crippen LogP contribution in [0.15, 0.2) is 0 Å². The van der Waals surface area contributed by atoms with Crippen molar-refractivity contribution in [3.63, 3.8) is 0 Å². The average Bonchev–Trinajstić information content (AvgIpc) is 2.59. The predicted octanol–water partition coefficient (Wildman–Crippen LogP) is 1.08. The number of aromatic nitrogens is 1. The van der Waals surface area contributed by atoms with E-state index in [0.717, 1.165) is 11.3 Å². The number of anilines is 1. The highest BCUT2D eigenvalue weighted by Gasteiger charge is 2.29. The topological polar surface area (TPSA) is 133 Å². The SMILES string of the molecule is Br.CCOC(=O)C(C#N)C(=N)c1sc(N)nc1O. The number of ether oxygens (including phenoxy) is 1. The van der Waals surface area contributed by atoms with Gasteiger partial charge >= 0.3 is 5.97 Å². The number of rotatable bonds is 4. The Morgan fingerprint density at radius 2 is 2.39 bits per heavy atom. The number of nitriles is 1. The number of halogens is 1. The Kier molecular flexibility index (Phi) is 6.29. The van der Waals surface area contributed by atoms with Crippen molar-refractivity contribution in [2.24, 2.45) is 5.92 Å². The molecule has 98 valence electrons. The first kappa shape index (κ1) is 16.3. The van der Waals surface area contributed by atoms with Gasteiger partial charge in [-0.2, -0.15) is 10.2 Å². The lowest BCUT2D eigenvalue weighted by Crippen LogP contribution is -2.24. The van der Waals surface area contributed by atoms with Crippen molar-refractivity contribution in [3.8, 4) is 11.9 Å². The van der Waals surface area contributed by atoms with Crippen LogP contribution in [0.1, 0.15) is 11.8 Å². The zero-order chi connectivity index (χ0) is 13.0. The molecule has 1 unspecified atom stereocenters. The lowest BCUT2D eigenvalue weighted by molar-refractivity contribution is -0.143. The van der Waals surface area contributed by atoms with Gasteiger partial charge in [0.1, 0.15) is 4.88 Å². The number of nitrogens with one attached hydrogen (secondary N) is 1. The maximum absolute atomic E-state index is 11.4. The van der Waals surface area contributed by atoms with E-state index in [0.29, 0.717) is 0 Å². The number of carbonyl (C=O) groups excluding carboxylic acids is 1. The van der Waals surface area contributed by atoms with E-state index in [9.17, 15) is 9.90 Å². The van der Waals surface area contributed by atoms with Crippen LogP contribution >= 0.6 is 28.3 Å². The van der Waals surface area contributed by atoms with Crippen LogP contribution < -0.4 is 5.73 Å². The number of nitrogens with zero attached hydrogens (tertiary/aromatic N) is 2. The Morgan fingerprint density at radius 3 is 2.78 bits per heavy atom. The largest absolute Gasteiger partial charge is 0.492 e. The summed E-state index contributed by atoms with van der Waals surface area (Å²) in [7, 11) is 0. The molecule has 0 fully saturated rings. The molecular formula is C9H11BrN4O3S. The molecule has 0 aliphatic rings. The van der Waals surface area contributed by atoms with Crippen LogP contribution in [0.25, 0.3) is 0 Å². The third-order valence-corrected chi connectivity index (χ3v) is 2.72. The predicted molar refractivity (Wildman–Crippen MR) is 71.1 cm³/mol. The summed E-state index contributed by atoms with van der Waals surface area (Å²) in [4.78, 5) is 14.9. The number of hydrogen-bond donors (Lipinski definition) is 3. The molecule has 1 heterocycles. The smallest absolute Gasteiger partial charge is 0.329 e. The fourth-order valence-corrected chi connectivity index (χ4v) is 1.80. The summed E-state index contributed by atoms with van der Waals surface area (Å²) in [5.41, 5.74) is 4.98. The first-order valence-electron chi connectivity index (χ1n) is 4.61. The van der Waals surface area contributed by atoms with Gasteiger partial charge < -0.3 is 21.0 Å². The van der Waals surface area contributed by atoms with Gasteiger partial charge in [-0.1, -0.05) is 11.3 Å². The Bertz CT molecular complexity index is 496. The van der Waals surface area contributed by atoms with Gasteiger partial charge in [0.25, 0.3) is 0 Å². The second kappa shape index (κ2) is 6.93. The molecule has 0 aromatic carbocycles. The summed E-state index contributed by atoms with van der Waals surface area (Å²) in [6, 6.07) is 1.65. The molecule has 1 aromatic heterocycles. The summed E-state index contributed by atoms with van der Waals surface area (Å²) in [5, 5.41) is 25.9. The van der Waals surface area contributed by atoms with E-state index in [4.69, 9.17) is 16.4 Å². The van der Waals surface area contributed by atoms with E-state index in [1.807, 2.05) is 0 Å². The van der Waals surface area contributed by atoms with Crippen LogP contribution in [0.4, 0.5) is 5.13 Å². The van der Waals surface area contributed by atoms with Crippen LogP contribution in [-0.2, 0) is 9.53 Å². The molecule has 1 rings (SSSR count). The van der Waals surface area contributed by atoms with E-state index in [1.165, 1.54) is 0 Å². The van der Waals surface area contributed by atoms with E-state index >= 15 is 0 Å². The van der Waals surface area contributed by atoms with Crippen molar-refractivity contribution >= 4 is 45.1 Å². The highest BCUT2D eigenvalue weighted by Crippen LogP contribution is 2.28. The van der Waals surface area contributed by atoms with Crippen molar-refractivity contribution in [2.75, 3.05) is 12.3 Å². The number of carbonyl (C=O) groups is 1. The number of aromatic hydroxyl groups is 1. The molecule has 1 atom stereocenters. The quantitative estimate of drug-likeness (QED) is 0.557. The molecule has 1 aromatic rings. The van der Waals surface area contributed by atoms with Gasteiger partial charge in [0.2, 0.25) is 5.88 Å². The molecule has 0 aliphatic carbocycles. The summed E-state index contributed by atoms with van der Waals surface area (Å²) < 4.78 is 4.65. The second-order valence-corrected chi connectivity index (χ2v) is 3.96. The summed E-state index contributed by atoms with van der Waals surface area (Å²) in [5.74, 6) is -2.67. The number of nitrogen functional groups attached to an aromatic ring is 1. The van der Waals surface area contributed by atoms with Crippen molar-refractivity contribution in [2.45, 2.75) is 6.92 Å². The van der Waals surface area contributed by atoms with Crippen LogP contribution in [0.3, 0.4) is 0 Å². The summed E-state index contributed by atoms with van der Waals surface area (Å²) >= 11 is 0.835. The molecule has 0 amide bonds. The van der Waals surface area contributed by atoms with Crippen molar-refractivity contribution < 1.29 is 14.6 Å². The van der Waals surface area contributed by atoms with Crippen LogP contribution in [0, 0.1) is 22.7 Å². The molecule has 0 bridgehead atoms. The van der Waals surface area contributed by atoms with Gasteiger partial charge in [0.15, 0.2) is 11.0 Å². The molecule has 7 nitrogen and oxygen atoms in total. The lowest BCUT2D eigenvalue weighted by Gasteiger charge is -2.07. The lowest BCUT2D eigenvalue weighted by atomic mass is 10.0. The van der Waals surface area contributed by atoms with Gasteiger partial charge in [-0.05, 0) is 6.92 Å². The van der Waals surface area contributed by atoms with E-state index < -0.39 is 17.8 Å². The van der Waals surface area contributed by atoms with E-state index in [-0.39, 0.29) is 39.3 Å². The van der Waals surface area contributed by atoms with Gasteiger partial charge in [-0.25, -0.2) is 0 Å². The Labute approximate surface area is 117 Å². The van der Waals surface area contributed by atoms with Gasteiger partial charge in [-0.3, -0.25) is 4.79 Å². The normalized spacial score (nSPS) is 10.9. The first-order chi connectivity index (χ1) is 8.01. The van der Waals surface area contributed by atoms with Gasteiger partial charge in [0.05, 0.1) is 18.4 Å². The zero-order valence-electron chi connectivity index (χ0n) is 9.34. The monoisotopic (exact) mass is 334 g/mol. The third kappa shape index (κ3) is 3.41. The van der Waals surface area contributed by atoms with Crippen LogP contribution in [0.5, 0.6) is 5.88 Å². The Morgan fingerprint density at radius 1 is 1.78 bits per heavy atom. The molecule has 0 spiro atoms. The van der Waals surface area contributed by atoms with E-state index in [2.05, 4.69) is 9.72 Å². The molecule has 9 heteroatoms. The maximum Gasteiger partial charge on any atom is 0.329 e. The van der Waals surface area contributed by atoms with Gasteiger partial charge in [0, 0.05) is 0 Å². The number of nitrogens with two attached hydrogens (primary N) is 1. The van der Waals surface area contributed by atoms with Crippen LogP contribution in [-0.4, -0.2) is 28.4 Å². The van der Waals surface area contributed by atoms with Crippen LogP contribution in [0.2, 0.25) is 0 Å². The van der Waals surface area contributed by atoms with Gasteiger partial charge in [-0.15, -0.1) is 17.0 Å². The maximum atomic E-state index is 11.4. The number of hydrogen-bond acceptors (Lipinski definition) is 8. The Balaban J connectivity index is 0.00000289. The number of esters is 1. The highest BCUT2D eigenvalue weighted by molar-refractivity contribution is 8.93. The minimum atomic E-state index is -1.39. The zero-order valence-corrected chi connectivity index (χ0v) is 11.9. The minimum absolute atomic E-state index is 0.